The molecule has 5 N–H and O–H groups in total. The molecule has 25 heavy (non-hydrogen) atoms. The second-order valence-corrected chi connectivity index (χ2v) is 5.39. The SMILES string of the molecule is N=C(N)c1ccc(-c2cnc(C(=O)NCCCCC(=O)O)nc2)cc1. The molecule has 0 fully saturated rings. The van der Waals surface area contributed by atoms with Crippen LogP contribution in [-0.4, -0.2) is 39.3 Å². The van der Waals surface area contributed by atoms with Crippen molar-refractivity contribution >= 4 is 17.7 Å². The molecule has 0 radical (unpaired) electrons. The van der Waals surface area contributed by atoms with Crippen LogP contribution in [0, 0.1) is 5.41 Å². The largest absolute Gasteiger partial charge is 0.481 e. The van der Waals surface area contributed by atoms with Gasteiger partial charge in [-0.3, -0.25) is 15.0 Å². The quantitative estimate of drug-likeness (QED) is 0.325. The number of nitrogens with two attached hydrogens (primary N) is 1. The van der Waals surface area contributed by atoms with Gasteiger partial charge in [-0.05, 0) is 18.4 Å². The maximum absolute atomic E-state index is 11.9. The summed E-state index contributed by atoms with van der Waals surface area (Å²) in [4.78, 5) is 30.4. The van der Waals surface area contributed by atoms with Crippen LogP contribution in [0.5, 0.6) is 0 Å². The Morgan fingerprint density at radius 3 is 2.28 bits per heavy atom. The molecule has 0 aliphatic carbocycles. The van der Waals surface area contributed by atoms with Crippen LogP contribution in [0.15, 0.2) is 36.7 Å². The van der Waals surface area contributed by atoms with E-state index in [4.69, 9.17) is 16.2 Å². The number of hydrogen-bond donors (Lipinski definition) is 4. The highest BCUT2D eigenvalue weighted by atomic mass is 16.4. The average Bonchev–Trinajstić information content (AvgIpc) is 2.61. The van der Waals surface area contributed by atoms with E-state index in [-0.39, 0.29) is 18.1 Å². The number of nitrogen functional groups attached to an aromatic ring is 1. The molecule has 1 heterocycles. The summed E-state index contributed by atoms with van der Waals surface area (Å²) in [5, 5.41) is 18.6. The molecule has 0 saturated heterocycles. The number of benzene rings is 1. The molecule has 0 saturated carbocycles. The number of carboxylic acid groups (broad SMARTS) is 1. The first-order chi connectivity index (χ1) is 12.0. The monoisotopic (exact) mass is 341 g/mol. The third-order valence-corrected chi connectivity index (χ3v) is 3.49. The summed E-state index contributed by atoms with van der Waals surface area (Å²) in [5.41, 5.74) is 7.64. The number of hydrogen-bond acceptors (Lipinski definition) is 5. The van der Waals surface area contributed by atoms with Gasteiger partial charge in [-0.2, -0.15) is 0 Å². The summed E-state index contributed by atoms with van der Waals surface area (Å²) < 4.78 is 0. The molecule has 1 aromatic carbocycles. The first-order valence-corrected chi connectivity index (χ1v) is 7.74. The molecular formula is C17H19N5O3. The second kappa shape index (κ2) is 8.53. The van der Waals surface area contributed by atoms with Gasteiger partial charge in [0.1, 0.15) is 5.84 Å². The Labute approximate surface area is 144 Å². The molecule has 0 aliphatic heterocycles. The Bertz CT molecular complexity index is 757. The molecular weight excluding hydrogens is 322 g/mol. The van der Waals surface area contributed by atoms with Crippen LogP contribution in [-0.2, 0) is 4.79 Å². The Balaban J connectivity index is 1.91. The number of carboxylic acids is 1. The molecule has 1 amide bonds. The van der Waals surface area contributed by atoms with Crippen molar-refractivity contribution in [2.45, 2.75) is 19.3 Å². The summed E-state index contributed by atoms with van der Waals surface area (Å²) in [7, 11) is 0. The van der Waals surface area contributed by atoms with Crippen LogP contribution in [0.25, 0.3) is 11.1 Å². The zero-order chi connectivity index (χ0) is 18.2. The minimum absolute atomic E-state index is 0.00169. The Morgan fingerprint density at radius 1 is 1.08 bits per heavy atom. The summed E-state index contributed by atoms with van der Waals surface area (Å²) >= 11 is 0. The highest BCUT2D eigenvalue weighted by molar-refractivity contribution is 5.95. The lowest BCUT2D eigenvalue weighted by molar-refractivity contribution is -0.137. The normalized spacial score (nSPS) is 10.2. The van der Waals surface area contributed by atoms with E-state index >= 15 is 0 Å². The van der Waals surface area contributed by atoms with Crippen LogP contribution in [0.3, 0.4) is 0 Å². The fourth-order valence-electron chi connectivity index (χ4n) is 2.12. The number of unbranched alkanes of at least 4 members (excludes halogenated alkanes) is 1. The minimum Gasteiger partial charge on any atom is -0.481 e. The lowest BCUT2D eigenvalue weighted by atomic mass is 10.1. The van der Waals surface area contributed by atoms with Gasteiger partial charge in [0.2, 0.25) is 5.82 Å². The zero-order valence-electron chi connectivity index (χ0n) is 13.5. The number of aliphatic carboxylic acids is 1. The van der Waals surface area contributed by atoms with E-state index in [1.165, 1.54) is 0 Å². The van der Waals surface area contributed by atoms with Crippen LogP contribution in [0.2, 0.25) is 0 Å². The molecule has 2 aromatic rings. The van der Waals surface area contributed by atoms with E-state index in [0.29, 0.717) is 24.9 Å². The van der Waals surface area contributed by atoms with E-state index in [1.54, 1.807) is 36.7 Å². The molecule has 2 rings (SSSR count). The molecule has 0 bridgehead atoms. The number of rotatable bonds is 8. The number of amidine groups is 1. The Hall–Kier alpha value is -3.29. The van der Waals surface area contributed by atoms with Crippen LogP contribution in [0.1, 0.15) is 35.4 Å². The molecule has 130 valence electrons. The molecule has 8 nitrogen and oxygen atoms in total. The van der Waals surface area contributed by atoms with Crippen molar-refractivity contribution in [3.05, 3.63) is 48.0 Å². The van der Waals surface area contributed by atoms with Crippen molar-refractivity contribution in [3.8, 4) is 11.1 Å². The maximum Gasteiger partial charge on any atom is 0.303 e. The number of carbonyl (C=O) groups is 2. The Morgan fingerprint density at radius 2 is 1.72 bits per heavy atom. The van der Waals surface area contributed by atoms with Crippen molar-refractivity contribution in [1.82, 2.24) is 15.3 Å². The van der Waals surface area contributed by atoms with Gasteiger partial charge >= 0.3 is 5.97 Å². The van der Waals surface area contributed by atoms with Gasteiger partial charge in [-0.1, -0.05) is 24.3 Å². The predicted molar refractivity (Wildman–Crippen MR) is 92.3 cm³/mol. The average molecular weight is 341 g/mol. The number of nitrogens with one attached hydrogen (secondary N) is 2. The molecule has 0 unspecified atom stereocenters. The number of aromatic nitrogens is 2. The second-order valence-electron chi connectivity index (χ2n) is 5.39. The van der Waals surface area contributed by atoms with Crippen molar-refractivity contribution in [2.24, 2.45) is 5.73 Å². The highest BCUT2D eigenvalue weighted by Crippen LogP contribution is 2.18. The Kier molecular flexibility index (Phi) is 6.16. The summed E-state index contributed by atoms with van der Waals surface area (Å²) in [5.74, 6) is -1.18. The van der Waals surface area contributed by atoms with E-state index in [1.807, 2.05) is 0 Å². The van der Waals surface area contributed by atoms with Crippen LogP contribution >= 0.6 is 0 Å². The summed E-state index contributed by atoms with van der Waals surface area (Å²) in [6, 6.07) is 7.07. The summed E-state index contributed by atoms with van der Waals surface area (Å²) in [6.07, 6.45) is 4.28. The number of nitrogens with zero attached hydrogens (tertiary/aromatic N) is 2. The number of amides is 1. The fraction of sp³-hybridized carbons (Fsp3) is 0.235. The van der Waals surface area contributed by atoms with Gasteiger partial charge < -0.3 is 16.2 Å². The lowest BCUT2D eigenvalue weighted by Crippen LogP contribution is -2.26. The van der Waals surface area contributed by atoms with Crippen LogP contribution < -0.4 is 11.1 Å². The standard InChI is InChI=1S/C17H19N5O3/c18-15(19)12-6-4-11(5-7-12)13-9-21-16(22-10-13)17(25)20-8-2-1-3-14(23)24/h4-7,9-10H,1-3,8H2,(H3,18,19)(H,20,25)(H,23,24). The van der Waals surface area contributed by atoms with Gasteiger partial charge in [0.15, 0.2) is 0 Å². The minimum atomic E-state index is -0.846. The summed E-state index contributed by atoms with van der Waals surface area (Å²) in [6.45, 7) is 0.379. The predicted octanol–water partition coefficient (Wildman–Crippen LogP) is 1.41. The third-order valence-electron chi connectivity index (χ3n) is 3.49. The van der Waals surface area contributed by atoms with Crippen LogP contribution in [0.4, 0.5) is 0 Å². The van der Waals surface area contributed by atoms with Gasteiger partial charge in [0, 0.05) is 36.5 Å². The lowest BCUT2D eigenvalue weighted by Gasteiger charge is -2.05. The number of carbonyl (C=O) groups excluding carboxylic acids is 1. The maximum atomic E-state index is 11.9. The third kappa shape index (κ3) is 5.38. The van der Waals surface area contributed by atoms with Crippen molar-refractivity contribution < 1.29 is 14.7 Å². The van der Waals surface area contributed by atoms with Gasteiger partial charge in [-0.15, -0.1) is 0 Å². The van der Waals surface area contributed by atoms with Crippen molar-refractivity contribution in [1.29, 1.82) is 5.41 Å². The first-order valence-electron chi connectivity index (χ1n) is 7.74. The molecule has 8 heteroatoms. The van der Waals surface area contributed by atoms with Gasteiger partial charge in [0.25, 0.3) is 5.91 Å². The first kappa shape index (κ1) is 18.1. The fourth-order valence-corrected chi connectivity index (χ4v) is 2.12. The highest BCUT2D eigenvalue weighted by Gasteiger charge is 2.09. The molecule has 0 aliphatic rings. The molecule has 0 atom stereocenters. The van der Waals surface area contributed by atoms with E-state index < -0.39 is 11.9 Å². The van der Waals surface area contributed by atoms with E-state index in [2.05, 4.69) is 15.3 Å². The smallest absolute Gasteiger partial charge is 0.303 e. The van der Waals surface area contributed by atoms with Crippen molar-refractivity contribution in [2.75, 3.05) is 6.54 Å². The van der Waals surface area contributed by atoms with Crippen molar-refractivity contribution in [3.63, 3.8) is 0 Å². The zero-order valence-corrected chi connectivity index (χ0v) is 13.5. The topological polar surface area (TPSA) is 142 Å². The van der Waals surface area contributed by atoms with Gasteiger partial charge in [-0.25, -0.2) is 9.97 Å². The van der Waals surface area contributed by atoms with E-state index in [9.17, 15) is 9.59 Å². The van der Waals surface area contributed by atoms with Gasteiger partial charge in [0.05, 0.1) is 0 Å². The molecule has 0 spiro atoms. The van der Waals surface area contributed by atoms with E-state index in [0.717, 1.165) is 11.1 Å². The molecule has 1 aromatic heterocycles.